The van der Waals surface area contributed by atoms with Gasteiger partial charge in [0.1, 0.15) is 6.10 Å². The summed E-state index contributed by atoms with van der Waals surface area (Å²) in [6, 6.07) is 8.07. The summed E-state index contributed by atoms with van der Waals surface area (Å²) in [6.45, 7) is 2.05. The topological polar surface area (TPSA) is 78.6 Å². The van der Waals surface area contributed by atoms with Crippen molar-refractivity contribution in [2.45, 2.75) is 24.6 Å². The quantitative estimate of drug-likeness (QED) is 0.610. The summed E-state index contributed by atoms with van der Waals surface area (Å²) in [7, 11) is 3.27. The molecule has 3 rings (SSSR count). The Balaban J connectivity index is 1.64. The Morgan fingerprint density at radius 2 is 2.21 bits per heavy atom. The summed E-state index contributed by atoms with van der Waals surface area (Å²) in [5, 5.41) is 13.1. The third-order valence-corrected chi connectivity index (χ3v) is 4.93. The van der Waals surface area contributed by atoms with Gasteiger partial charge < -0.3 is 14.1 Å². The predicted octanol–water partition coefficient (Wildman–Crippen LogP) is 2.20. The summed E-state index contributed by atoms with van der Waals surface area (Å²) in [4.78, 5) is 16.7. The van der Waals surface area contributed by atoms with Gasteiger partial charge in [-0.1, -0.05) is 41.2 Å². The SMILES string of the molecule is COC(=O)C1=NO[C@@H](CSc2nnc(-c3ccccc3C)n2C)C1. The molecule has 0 saturated carbocycles. The standard InChI is InChI=1S/C16H18N4O3S/c1-10-6-4-5-7-12(10)14-17-18-16(20(14)2)24-9-11-8-13(19-23-11)15(21)22-3/h4-7,11H,8-9H2,1-3H3/t11-/m1/s1. The number of hydrogen-bond acceptors (Lipinski definition) is 7. The van der Waals surface area contributed by atoms with Crippen LogP contribution in [0.3, 0.4) is 0 Å². The number of esters is 1. The molecule has 0 bridgehead atoms. The van der Waals surface area contributed by atoms with Crippen molar-refractivity contribution in [2.75, 3.05) is 12.9 Å². The highest BCUT2D eigenvalue weighted by molar-refractivity contribution is 7.99. The van der Waals surface area contributed by atoms with E-state index in [0.29, 0.717) is 17.9 Å². The van der Waals surface area contributed by atoms with Gasteiger partial charge >= 0.3 is 5.97 Å². The maximum atomic E-state index is 11.4. The summed E-state index contributed by atoms with van der Waals surface area (Å²) < 4.78 is 6.61. The molecule has 0 N–H and O–H groups in total. The number of benzene rings is 1. The molecule has 1 aliphatic heterocycles. The molecule has 0 aliphatic carbocycles. The van der Waals surface area contributed by atoms with Crippen LogP contribution < -0.4 is 0 Å². The molecule has 0 saturated heterocycles. The molecule has 0 unspecified atom stereocenters. The molecule has 1 aromatic carbocycles. The summed E-state index contributed by atoms with van der Waals surface area (Å²) >= 11 is 1.53. The van der Waals surface area contributed by atoms with Gasteiger partial charge in [-0.15, -0.1) is 10.2 Å². The highest BCUT2D eigenvalue weighted by Crippen LogP contribution is 2.26. The molecule has 0 fully saturated rings. The highest BCUT2D eigenvalue weighted by atomic mass is 32.2. The zero-order valence-corrected chi connectivity index (χ0v) is 14.5. The molecule has 2 aromatic rings. The van der Waals surface area contributed by atoms with E-state index in [2.05, 4.69) is 33.1 Å². The molecule has 1 aliphatic rings. The van der Waals surface area contributed by atoms with E-state index in [0.717, 1.165) is 22.1 Å². The van der Waals surface area contributed by atoms with Gasteiger partial charge in [-0.3, -0.25) is 0 Å². The third kappa shape index (κ3) is 3.28. The number of rotatable bonds is 5. The Morgan fingerprint density at radius 3 is 2.96 bits per heavy atom. The van der Waals surface area contributed by atoms with Crippen LogP contribution in [-0.2, 0) is 21.4 Å². The molecule has 7 nitrogen and oxygen atoms in total. The Hall–Kier alpha value is -2.35. The van der Waals surface area contributed by atoms with Crippen molar-refractivity contribution in [2.24, 2.45) is 12.2 Å². The predicted molar refractivity (Wildman–Crippen MR) is 90.8 cm³/mol. The van der Waals surface area contributed by atoms with E-state index in [4.69, 9.17) is 4.84 Å². The fourth-order valence-electron chi connectivity index (χ4n) is 2.42. The van der Waals surface area contributed by atoms with Crippen LogP contribution in [0.4, 0.5) is 0 Å². The number of carbonyl (C=O) groups is 1. The normalized spacial score (nSPS) is 16.6. The van der Waals surface area contributed by atoms with E-state index < -0.39 is 5.97 Å². The number of nitrogens with zero attached hydrogens (tertiary/aromatic N) is 4. The van der Waals surface area contributed by atoms with Crippen molar-refractivity contribution in [1.29, 1.82) is 0 Å². The Morgan fingerprint density at radius 1 is 1.42 bits per heavy atom. The fraction of sp³-hybridized carbons (Fsp3) is 0.375. The van der Waals surface area contributed by atoms with Crippen molar-refractivity contribution in [3.63, 3.8) is 0 Å². The van der Waals surface area contributed by atoms with Crippen LogP contribution in [0.2, 0.25) is 0 Å². The van der Waals surface area contributed by atoms with E-state index in [1.165, 1.54) is 18.9 Å². The molecule has 8 heteroatoms. The molecule has 0 spiro atoms. The number of thioether (sulfide) groups is 1. The minimum absolute atomic E-state index is 0.164. The maximum absolute atomic E-state index is 11.4. The van der Waals surface area contributed by atoms with Crippen molar-refractivity contribution in [1.82, 2.24) is 14.8 Å². The number of oxime groups is 1. The Kier molecular flexibility index (Phi) is 4.84. The van der Waals surface area contributed by atoms with E-state index in [9.17, 15) is 4.79 Å². The second-order valence-corrected chi connectivity index (χ2v) is 6.44. The Bertz CT molecular complexity index is 787. The average Bonchev–Trinajstić information content (AvgIpc) is 3.20. The van der Waals surface area contributed by atoms with Crippen LogP contribution in [0, 0.1) is 6.92 Å². The van der Waals surface area contributed by atoms with Gasteiger partial charge in [-0.2, -0.15) is 0 Å². The minimum atomic E-state index is -0.442. The number of carbonyl (C=O) groups excluding carboxylic acids is 1. The zero-order valence-electron chi connectivity index (χ0n) is 13.7. The molecular weight excluding hydrogens is 328 g/mol. The second-order valence-electron chi connectivity index (χ2n) is 5.45. The van der Waals surface area contributed by atoms with Gasteiger partial charge in [-0.25, -0.2) is 4.79 Å². The fourth-order valence-corrected chi connectivity index (χ4v) is 3.31. The maximum Gasteiger partial charge on any atom is 0.355 e. The van der Waals surface area contributed by atoms with Gasteiger partial charge in [0.25, 0.3) is 0 Å². The first-order chi connectivity index (χ1) is 11.6. The average molecular weight is 346 g/mol. The summed E-state index contributed by atoms with van der Waals surface area (Å²) in [5.41, 5.74) is 2.54. The van der Waals surface area contributed by atoms with Gasteiger partial charge in [0.05, 0.1) is 7.11 Å². The molecule has 0 radical (unpaired) electrons. The van der Waals surface area contributed by atoms with Crippen LogP contribution in [0.1, 0.15) is 12.0 Å². The lowest BCUT2D eigenvalue weighted by Gasteiger charge is -2.08. The molecule has 1 aromatic heterocycles. The first kappa shape index (κ1) is 16.5. The number of aryl methyl sites for hydroxylation is 1. The minimum Gasteiger partial charge on any atom is -0.464 e. The van der Waals surface area contributed by atoms with Gasteiger partial charge in [-0.05, 0) is 12.5 Å². The zero-order chi connectivity index (χ0) is 17.1. The lowest BCUT2D eigenvalue weighted by molar-refractivity contribution is -0.132. The molecule has 0 amide bonds. The molecule has 2 heterocycles. The molecule has 126 valence electrons. The third-order valence-electron chi connectivity index (χ3n) is 3.77. The van der Waals surface area contributed by atoms with Crippen molar-refractivity contribution < 1.29 is 14.4 Å². The van der Waals surface area contributed by atoms with Crippen LogP contribution in [-0.4, -0.2) is 45.4 Å². The van der Waals surface area contributed by atoms with E-state index in [-0.39, 0.29) is 6.10 Å². The van der Waals surface area contributed by atoms with Crippen molar-refractivity contribution in [3.05, 3.63) is 29.8 Å². The number of ether oxygens (including phenoxy) is 1. The largest absolute Gasteiger partial charge is 0.464 e. The number of aromatic nitrogens is 3. The lowest BCUT2D eigenvalue weighted by Crippen LogP contribution is -2.18. The second kappa shape index (κ2) is 7.04. The van der Waals surface area contributed by atoms with Crippen LogP contribution in [0.25, 0.3) is 11.4 Å². The van der Waals surface area contributed by atoms with E-state index in [1.807, 2.05) is 29.8 Å². The lowest BCUT2D eigenvalue weighted by atomic mass is 10.1. The van der Waals surface area contributed by atoms with Crippen molar-refractivity contribution >= 4 is 23.4 Å². The Labute approximate surface area is 144 Å². The number of hydrogen-bond donors (Lipinski definition) is 0. The monoisotopic (exact) mass is 346 g/mol. The first-order valence-electron chi connectivity index (χ1n) is 7.49. The van der Waals surface area contributed by atoms with Crippen molar-refractivity contribution in [3.8, 4) is 11.4 Å². The van der Waals surface area contributed by atoms with Gasteiger partial charge in [0.2, 0.25) is 0 Å². The number of methoxy groups -OCH3 is 1. The first-order valence-corrected chi connectivity index (χ1v) is 8.48. The van der Waals surface area contributed by atoms with Crippen LogP contribution >= 0.6 is 11.8 Å². The molecular formula is C16H18N4O3S. The molecule has 1 atom stereocenters. The van der Waals surface area contributed by atoms with E-state index in [1.54, 1.807) is 0 Å². The highest BCUT2D eigenvalue weighted by Gasteiger charge is 2.27. The summed E-state index contributed by atoms with van der Waals surface area (Å²) in [6.07, 6.45) is 0.282. The smallest absolute Gasteiger partial charge is 0.355 e. The van der Waals surface area contributed by atoms with E-state index >= 15 is 0 Å². The molecule has 24 heavy (non-hydrogen) atoms. The summed E-state index contributed by atoms with van der Waals surface area (Å²) in [5.74, 6) is 1.02. The van der Waals surface area contributed by atoms with Crippen LogP contribution in [0.15, 0.2) is 34.6 Å². The van der Waals surface area contributed by atoms with Crippen LogP contribution in [0.5, 0.6) is 0 Å². The van der Waals surface area contributed by atoms with Gasteiger partial charge in [0, 0.05) is 24.8 Å². The van der Waals surface area contributed by atoms with Gasteiger partial charge in [0.15, 0.2) is 16.7 Å².